The van der Waals surface area contributed by atoms with E-state index in [-0.39, 0.29) is 17.9 Å². The molecule has 3 atom stereocenters. The largest absolute Gasteiger partial charge is 0.494 e. The van der Waals surface area contributed by atoms with Crippen molar-refractivity contribution in [2.45, 2.75) is 38.7 Å². The Balaban J connectivity index is 1.94. The smallest absolute Gasteiger partial charge is 0.307 e. The predicted molar refractivity (Wildman–Crippen MR) is 69.9 cm³/mol. The van der Waals surface area contributed by atoms with Crippen LogP contribution >= 0.6 is 0 Å². The van der Waals surface area contributed by atoms with Gasteiger partial charge in [0.05, 0.1) is 12.5 Å². The third kappa shape index (κ3) is 2.15. The molecule has 0 radical (unpaired) electrons. The minimum absolute atomic E-state index is 0.0730. The summed E-state index contributed by atoms with van der Waals surface area (Å²) in [5, 5.41) is 9.07. The third-order valence-electron chi connectivity index (χ3n) is 3.84. The summed E-state index contributed by atoms with van der Waals surface area (Å²) in [5.74, 6) is 0.803. The van der Waals surface area contributed by atoms with Gasteiger partial charge >= 0.3 is 5.97 Å². The molecule has 0 unspecified atom stereocenters. The van der Waals surface area contributed by atoms with Crippen LogP contribution in [0.25, 0.3) is 0 Å². The lowest BCUT2D eigenvalue weighted by Gasteiger charge is -2.12. The molecule has 19 heavy (non-hydrogen) atoms. The molecular weight excluding hydrogens is 244 g/mol. The average Bonchev–Trinajstić information content (AvgIpc) is 3.05. The van der Waals surface area contributed by atoms with E-state index in [1.807, 2.05) is 26.0 Å². The Morgan fingerprint density at radius 3 is 2.95 bits per heavy atom. The third-order valence-corrected chi connectivity index (χ3v) is 3.84. The van der Waals surface area contributed by atoms with Crippen LogP contribution in [-0.4, -0.2) is 23.8 Å². The molecule has 4 heteroatoms. The van der Waals surface area contributed by atoms with Crippen molar-refractivity contribution < 1.29 is 19.4 Å². The molecule has 1 heterocycles. The SMILES string of the molecule is CCOc1cc2c(cc1[C@@H]1C[C@@H]1C(=O)O)O[C@@H](C)C2. The fraction of sp³-hybridized carbons (Fsp3) is 0.533. The van der Waals surface area contributed by atoms with Crippen LogP contribution in [0.15, 0.2) is 12.1 Å². The van der Waals surface area contributed by atoms with Crippen LogP contribution in [0.3, 0.4) is 0 Å². The molecule has 0 aromatic heterocycles. The predicted octanol–water partition coefficient (Wildman–Crippen LogP) is 2.60. The molecule has 0 spiro atoms. The maximum Gasteiger partial charge on any atom is 0.307 e. The van der Waals surface area contributed by atoms with Gasteiger partial charge in [-0.3, -0.25) is 4.79 Å². The topological polar surface area (TPSA) is 55.8 Å². The van der Waals surface area contributed by atoms with Gasteiger partial charge in [-0.05, 0) is 32.4 Å². The lowest BCUT2D eigenvalue weighted by atomic mass is 10.0. The number of carbonyl (C=O) groups is 1. The van der Waals surface area contributed by atoms with E-state index in [9.17, 15) is 4.79 Å². The van der Waals surface area contributed by atoms with Crippen LogP contribution in [0.5, 0.6) is 11.5 Å². The van der Waals surface area contributed by atoms with E-state index in [0.717, 1.165) is 29.0 Å². The van der Waals surface area contributed by atoms with Crippen molar-refractivity contribution in [3.63, 3.8) is 0 Å². The molecule has 1 aromatic rings. The van der Waals surface area contributed by atoms with E-state index in [1.54, 1.807) is 0 Å². The van der Waals surface area contributed by atoms with E-state index in [1.165, 1.54) is 0 Å². The molecule has 0 amide bonds. The van der Waals surface area contributed by atoms with Gasteiger partial charge in [-0.1, -0.05) is 0 Å². The van der Waals surface area contributed by atoms with E-state index in [2.05, 4.69) is 0 Å². The van der Waals surface area contributed by atoms with Crippen molar-refractivity contribution in [2.24, 2.45) is 5.92 Å². The summed E-state index contributed by atoms with van der Waals surface area (Å²) in [6.07, 6.45) is 1.78. The van der Waals surface area contributed by atoms with Gasteiger partial charge in [0.2, 0.25) is 0 Å². The number of fused-ring (bicyclic) bond motifs is 1. The molecule has 1 aromatic carbocycles. The van der Waals surface area contributed by atoms with Crippen molar-refractivity contribution in [3.05, 3.63) is 23.3 Å². The highest BCUT2D eigenvalue weighted by atomic mass is 16.5. The highest BCUT2D eigenvalue weighted by Crippen LogP contribution is 2.52. The first-order valence-electron chi connectivity index (χ1n) is 6.79. The summed E-state index contributed by atoms with van der Waals surface area (Å²) in [6.45, 7) is 4.57. The monoisotopic (exact) mass is 262 g/mol. The van der Waals surface area contributed by atoms with Crippen LogP contribution < -0.4 is 9.47 Å². The quantitative estimate of drug-likeness (QED) is 0.906. The van der Waals surface area contributed by atoms with E-state index >= 15 is 0 Å². The van der Waals surface area contributed by atoms with Crippen LogP contribution in [0.4, 0.5) is 0 Å². The molecule has 1 aliphatic carbocycles. The zero-order chi connectivity index (χ0) is 13.6. The van der Waals surface area contributed by atoms with Gasteiger partial charge in [0.15, 0.2) is 0 Å². The second kappa shape index (κ2) is 4.44. The lowest BCUT2D eigenvalue weighted by Crippen LogP contribution is -2.05. The Hall–Kier alpha value is -1.71. The standard InChI is InChI=1S/C15H18O4/c1-3-18-14-5-9-4-8(2)19-13(9)7-11(14)10-6-12(10)15(16)17/h5,7-8,10,12H,3-4,6H2,1-2H3,(H,16,17)/t8-,10-,12-/m0/s1. The fourth-order valence-corrected chi connectivity index (χ4v) is 2.84. The van der Waals surface area contributed by atoms with E-state index in [0.29, 0.717) is 13.0 Å². The Labute approximate surface area is 112 Å². The first kappa shape index (κ1) is 12.3. The Morgan fingerprint density at radius 1 is 1.53 bits per heavy atom. The van der Waals surface area contributed by atoms with Crippen LogP contribution in [-0.2, 0) is 11.2 Å². The zero-order valence-corrected chi connectivity index (χ0v) is 11.2. The highest BCUT2D eigenvalue weighted by molar-refractivity contribution is 5.76. The summed E-state index contributed by atoms with van der Waals surface area (Å²) in [6, 6.07) is 4.01. The molecule has 1 N–H and O–H groups in total. The summed E-state index contributed by atoms with van der Waals surface area (Å²) in [4.78, 5) is 11.0. The van der Waals surface area contributed by atoms with Crippen molar-refractivity contribution in [1.29, 1.82) is 0 Å². The molecule has 4 nitrogen and oxygen atoms in total. The molecule has 0 saturated heterocycles. The summed E-state index contributed by atoms with van der Waals surface area (Å²) < 4.78 is 11.4. The molecule has 102 valence electrons. The number of ether oxygens (including phenoxy) is 2. The Bertz CT molecular complexity index is 523. The number of carboxylic acids is 1. The lowest BCUT2D eigenvalue weighted by molar-refractivity contribution is -0.138. The summed E-state index contributed by atoms with van der Waals surface area (Å²) >= 11 is 0. The van der Waals surface area contributed by atoms with Crippen molar-refractivity contribution in [3.8, 4) is 11.5 Å². The number of hydrogen-bond acceptors (Lipinski definition) is 3. The van der Waals surface area contributed by atoms with Crippen molar-refractivity contribution >= 4 is 5.97 Å². The first-order chi connectivity index (χ1) is 9.10. The van der Waals surface area contributed by atoms with Crippen LogP contribution in [0, 0.1) is 5.92 Å². The molecule has 1 fully saturated rings. The fourth-order valence-electron chi connectivity index (χ4n) is 2.84. The van der Waals surface area contributed by atoms with Crippen molar-refractivity contribution in [1.82, 2.24) is 0 Å². The second-order valence-electron chi connectivity index (χ2n) is 5.35. The molecular formula is C15H18O4. The maximum atomic E-state index is 11.0. The van der Waals surface area contributed by atoms with E-state index in [4.69, 9.17) is 14.6 Å². The van der Waals surface area contributed by atoms with Gasteiger partial charge < -0.3 is 14.6 Å². The van der Waals surface area contributed by atoms with E-state index < -0.39 is 5.97 Å². The van der Waals surface area contributed by atoms with Gasteiger partial charge in [-0.25, -0.2) is 0 Å². The molecule has 3 rings (SSSR count). The normalized spacial score (nSPS) is 27.6. The van der Waals surface area contributed by atoms with Crippen LogP contribution in [0.2, 0.25) is 0 Å². The molecule has 1 aliphatic heterocycles. The van der Waals surface area contributed by atoms with Gasteiger partial charge in [0.25, 0.3) is 0 Å². The summed E-state index contributed by atoms with van der Waals surface area (Å²) in [7, 11) is 0. The average molecular weight is 262 g/mol. The number of carboxylic acid groups (broad SMARTS) is 1. The van der Waals surface area contributed by atoms with Gasteiger partial charge in [0.1, 0.15) is 17.6 Å². The second-order valence-corrected chi connectivity index (χ2v) is 5.35. The Kier molecular flexibility index (Phi) is 2.88. The number of benzene rings is 1. The summed E-state index contributed by atoms with van der Waals surface area (Å²) in [5.41, 5.74) is 2.15. The zero-order valence-electron chi connectivity index (χ0n) is 11.2. The molecule has 2 aliphatic rings. The van der Waals surface area contributed by atoms with Gasteiger partial charge in [-0.15, -0.1) is 0 Å². The number of aliphatic carboxylic acids is 1. The first-order valence-corrected chi connectivity index (χ1v) is 6.79. The minimum Gasteiger partial charge on any atom is -0.494 e. The Morgan fingerprint density at radius 2 is 2.32 bits per heavy atom. The van der Waals surface area contributed by atoms with Crippen LogP contribution in [0.1, 0.15) is 37.3 Å². The maximum absolute atomic E-state index is 11.0. The molecule has 0 bridgehead atoms. The van der Waals surface area contributed by atoms with Gasteiger partial charge in [-0.2, -0.15) is 0 Å². The number of rotatable bonds is 4. The van der Waals surface area contributed by atoms with Gasteiger partial charge in [0, 0.05) is 23.5 Å². The number of hydrogen-bond donors (Lipinski definition) is 1. The minimum atomic E-state index is -0.720. The molecule has 1 saturated carbocycles. The van der Waals surface area contributed by atoms with Crippen molar-refractivity contribution in [2.75, 3.05) is 6.61 Å². The highest BCUT2D eigenvalue weighted by Gasteiger charge is 2.46.